The molecular formula is C17H14ClN3OS. The molecule has 0 aliphatic carbocycles. The van der Waals surface area contributed by atoms with Crippen molar-refractivity contribution < 1.29 is 4.79 Å². The molecule has 2 N–H and O–H groups in total. The Bertz CT molecular complexity index is 788. The van der Waals surface area contributed by atoms with Crippen molar-refractivity contribution in [2.24, 2.45) is 0 Å². The maximum Gasteiger partial charge on any atom is 0.319 e. The molecule has 2 amide bonds. The van der Waals surface area contributed by atoms with Gasteiger partial charge < -0.3 is 10.6 Å². The van der Waals surface area contributed by atoms with Crippen molar-refractivity contribution in [1.29, 1.82) is 0 Å². The first-order chi connectivity index (χ1) is 11.2. The van der Waals surface area contributed by atoms with Crippen molar-refractivity contribution in [1.82, 2.24) is 10.3 Å². The third-order valence-electron chi connectivity index (χ3n) is 3.20. The molecule has 0 saturated heterocycles. The summed E-state index contributed by atoms with van der Waals surface area (Å²) in [6.45, 7) is 0.407. The lowest BCUT2D eigenvalue weighted by Gasteiger charge is -2.08. The van der Waals surface area contributed by atoms with Crippen LogP contribution >= 0.6 is 22.9 Å². The molecule has 0 spiro atoms. The van der Waals surface area contributed by atoms with Gasteiger partial charge in [0.1, 0.15) is 0 Å². The molecule has 0 aliphatic rings. The maximum atomic E-state index is 11.9. The first-order valence-electron chi connectivity index (χ1n) is 6.97. The van der Waals surface area contributed by atoms with Gasteiger partial charge in [0.25, 0.3) is 0 Å². The summed E-state index contributed by atoms with van der Waals surface area (Å²) in [4.78, 5) is 16.1. The number of hydrogen-bond donors (Lipinski definition) is 2. The number of nitrogens with zero attached hydrogens (tertiary/aromatic N) is 1. The molecule has 0 radical (unpaired) electrons. The van der Waals surface area contributed by atoms with Crippen LogP contribution in [0.3, 0.4) is 0 Å². The Kier molecular flexibility index (Phi) is 4.90. The number of nitrogens with one attached hydrogen (secondary N) is 2. The second-order valence-electron chi connectivity index (χ2n) is 4.91. The number of aromatic nitrogens is 1. The highest BCUT2D eigenvalue weighted by molar-refractivity contribution is 7.08. The molecule has 1 aromatic carbocycles. The van der Waals surface area contributed by atoms with Crippen molar-refractivity contribution in [2.75, 3.05) is 5.32 Å². The van der Waals surface area contributed by atoms with Crippen molar-refractivity contribution in [3.8, 4) is 11.1 Å². The lowest BCUT2D eigenvalue weighted by atomic mass is 10.1. The lowest BCUT2D eigenvalue weighted by molar-refractivity contribution is 0.251. The smallest absolute Gasteiger partial charge is 0.319 e. The summed E-state index contributed by atoms with van der Waals surface area (Å²) in [7, 11) is 0. The van der Waals surface area contributed by atoms with Gasteiger partial charge in [0.15, 0.2) is 0 Å². The molecule has 0 fully saturated rings. The normalized spacial score (nSPS) is 10.3. The van der Waals surface area contributed by atoms with E-state index in [1.807, 2.05) is 23.7 Å². The average molecular weight is 344 g/mol. The number of pyridine rings is 1. The molecule has 3 aromatic rings. The summed E-state index contributed by atoms with van der Waals surface area (Å²) in [5.74, 6) is 0. The van der Waals surface area contributed by atoms with Gasteiger partial charge in [-0.1, -0.05) is 11.6 Å². The van der Waals surface area contributed by atoms with Crippen LogP contribution in [0.25, 0.3) is 11.1 Å². The highest BCUT2D eigenvalue weighted by Crippen LogP contribution is 2.21. The van der Waals surface area contributed by atoms with Gasteiger partial charge in [-0.25, -0.2) is 4.79 Å². The Labute approximate surface area is 143 Å². The van der Waals surface area contributed by atoms with Crippen molar-refractivity contribution in [2.45, 2.75) is 6.54 Å². The summed E-state index contributed by atoms with van der Waals surface area (Å²) in [5, 5.41) is 10.3. The molecule has 3 rings (SSSR count). The van der Waals surface area contributed by atoms with Crippen LogP contribution in [0.15, 0.2) is 59.6 Å². The van der Waals surface area contributed by atoms with Gasteiger partial charge in [0.05, 0.1) is 0 Å². The van der Waals surface area contributed by atoms with Gasteiger partial charge >= 0.3 is 6.03 Å². The molecule has 4 nitrogen and oxygen atoms in total. The molecule has 0 unspecified atom stereocenters. The SMILES string of the molecule is O=C(NCc1cncc(-c2ccsc2)c1)Nc1ccc(Cl)cc1. The molecule has 116 valence electrons. The van der Waals surface area contributed by atoms with E-state index in [1.165, 1.54) is 0 Å². The third kappa shape index (κ3) is 4.31. The van der Waals surface area contributed by atoms with E-state index in [9.17, 15) is 4.79 Å². The number of benzene rings is 1. The Morgan fingerprint density at radius 2 is 1.96 bits per heavy atom. The predicted molar refractivity (Wildman–Crippen MR) is 94.9 cm³/mol. The number of hydrogen-bond acceptors (Lipinski definition) is 3. The van der Waals surface area contributed by atoms with E-state index < -0.39 is 0 Å². The maximum absolute atomic E-state index is 11.9. The molecule has 0 atom stereocenters. The van der Waals surface area contributed by atoms with Gasteiger partial charge in [0, 0.05) is 35.2 Å². The fourth-order valence-corrected chi connectivity index (χ4v) is 2.85. The monoisotopic (exact) mass is 343 g/mol. The number of thiophene rings is 1. The van der Waals surface area contributed by atoms with E-state index in [0.29, 0.717) is 17.3 Å². The van der Waals surface area contributed by atoms with Gasteiger partial charge in [-0.2, -0.15) is 11.3 Å². The lowest BCUT2D eigenvalue weighted by Crippen LogP contribution is -2.28. The second-order valence-corrected chi connectivity index (χ2v) is 6.12. The van der Waals surface area contributed by atoms with Crippen LogP contribution in [-0.2, 0) is 6.54 Å². The molecule has 2 heterocycles. The molecule has 0 bridgehead atoms. The molecule has 0 aliphatic heterocycles. The largest absolute Gasteiger partial charge is 0.334 e. The van der Waals surface area contributed by atoms with Crippen LogP contribution < -0.4 is 10.6 Å². The number of urea groups is 1. The van der Waals surface area contributed by atoms with Crippen LogP contribution in [-0.4, -0.2) is 11.0 Å². The number of halogens is 1. The highest BCUT2D eigenvalue weighted by Gasteiger charge is 2.04. The fraction of sp³-hybridized carbons (Fsp3) is 0.0588. The zero-order chi connectivity index (χ0) is 16.1. The summed E-state index contributed by atoms with van der Waals surface area (Å²) in [5.41, 5.74) is 3.82. The van der Waals surface area contributed by atoms with Crippen molar-refractivity contribution in [3.05, 3.63) is 70.1 Å². The Balaban J connectivity index is 1.58. The van der Waals surface area contributed by atoms with Gasteiger partial charge in [0.2, 0.25) is 0 Å². The predicted octanol–water partition coefficient (Wildman–Crippen LogP) is 4.79. The van der Waals surface area contributed by atoms with E-state index in [2.05, 4.69) is 21.0 Å². The van der Waals surface area contributed by atoms with Crippen LogP contribution in [0, 0.1) is 0 Å². The topological polar surface area (TPSA) is 54.0 Å². The number of carbonyl (C=O) groups is 1. The molecule has 2 aromatic heterocycles. The first kappa shape index (κ1) is 15.5. The van der Waals surface area contributed by atoms with Crippen LogP contribution in [0.1, 0.15) is 5.56 Å². The molecule has 6 heteroatoms. The number of rotatable bonds is 4. The Morgan fingerprint density at radius 3 is 2.70 bits per heavy atom. The zero-order valence-corrected chi connectivity index (χ0v) is 13.7. The highest BCUT2D eigenvalue weighted by atomic mass is 35.5. The minimum Gasteiger partial charge on any atom is -0.334 e. The number of carbonyl (C=O) groups excluding carboxylic acids is 1. The zero-order valence-electron chi connectivity index (χ0n) is 12.1. The number of amides is 2. The summed E-state index contributed by atoms with van der Waals surface area (Å²) in [6.07, 6.45) is 3.57. The van der Waals surface area contributed by atoms with Gasteiger partial charge in [-0.05, 0) is 58.3 Å². The number of anilines is 1. The van der Waals surface area contributed by atoms with E-state index >= 15 is 0 Å². The van der Waals surface area contributed by atoms with Gasteiger partial charge in [-0.15, -0.1) is 0 Å². The van der Waals surface area contributed by atoms with Crippen molar-refractivity contribution in [3.63, 3.8) is 0 Å². The van der Waals surface area contributed by atoms with Crippen molar-refractivity contribution >= 4 is 34.7 Å². The third-order valence-corrected chi connectivity index (χ3v) is 4.14. The first-order valence-corrected chi connectivity index (χ1v) is 8.30. The quantitative estimate of drug-likeness (QED) is 0.716. The van der Waals surface area contributed by atoms with E-state index in [4.69, 9.17) is 11.6 Å². The minimum absolute atomic E-state index is 0.270. The van der Waals surface area contributed by atoms with Gasteiger partial charge in [-0.3, -0.25) is 4.98 Å². The molecule has 0 saturated carbocycles. The van der Waals surface area contributed by atoms with E-state index in [-0.39, 0.29) is 6.03 Å². The fourth-order valence-electron chi connectivity index (χ4n) is 2.06. The second kappa shape index (κ2) is 7.26. The molecule has 23 heavy (non-hydrogen) atoms. The molecular weight excluding hydrogens is 330 g/mol. The van der Waals surface area contributed by atoms with Crippen LogP contribution in [0.5, 0.6) is 0 Å². The van der Waals surface area contributed by atoms with Crippen LogP contribution in [0.2, 0.25) is 5.02 Å². The van der Waals surface area contributed by atoms with E-state index in [0.717, 1.165) is 16.7 Å². The summed E-state index contributed by atoms with van der Waals surface area (Å²) >= 11 is 7.46. The Hall–Kier alpha value is -2.37. The summed E-state index contributed by atoms with van der Waals surface area (Å²) < 4.78 is 0. The van der Waals surface area contributed by atoms with Crippen LogP contribution in [0.4, 0.5) is 10.5 Å². The summed E-state index contributed by atoms with van der Waals surface area (Å²) in [6, 6.07) is 10.8. The minimum atomic E-state index is -0.270. The Morgan fingerprint density at radius 1 is 1.13 bits per heavy atom. The standard InChI is InChI=1S/C17H14ClN3OS/c18-15-1-3-16(4-2-15)21-17(22)20-9-12-7-14(10-19-8-12)13-5-6-23-11-13/h1-8,10-11H,9H2,(H2,20,21,22). The van der Waals surface area contributed by atoms with E-state index in [1.54, 1.807) is 41.8 Å². The average Bonchev–Trinajstić information content (AvgIpc) is 3.10.